The molecule has 1 aliphatic heterocycles. The molecule has 1 aromatic heterocycles. The molecule has 1 amide bonds. The van der Waals surface area contributed by atoms with Crippen LogP contribution in [0, 0.1) is 5.82 Å². The summed E-state index contributed by atoms with van der Waals surface area (Å²) < 4.78 is 15.2. The smallest absolute Gasteiger partial charge is 0.274 e. The van der Waals surface area contributed by atoms with E-state index in [0.29, 0.717) is 38.5 Å². The Hall–Kier alpha value is -4.55. The Kier molecular flexibility index (Phi) is 7.03. The lowest BCUT2D eigenvalue weighted by atomic mass is 9.86. The number of pyridine rings is 1. The number of H-pyrrole nitrogens is 1. The van der Waals surface area contributed by atoms with E-state index in [9.17, 15) is 9.59 Å². The van der Waals surface area contributed by atoms with Crippen molar-refractivity contribution in [2.45, 2.75) is 38.6 Å². The molecule has 5 aromatic rings. The molecule has 6 rings (SSSR count). The number of aromatic amines is 1. The number of hydrogen-bond donors (Lipinski definition) is 1. The molecule has 1 N–H and O–H groups in total. The van der Waals surface area contributed by atoms with Crippen molar-refractivity contribution < 1.29 is 9.18 Å². The second-order valence-electron chi connectivity index (χ2n) is 11.5. The molecule has 4 aromatic carbocycles. The average molecular weight is 578 g/mol. The maximum atomic E-state index is 15.2. The third kappa shape index (κ3) is 5.03. The maximum absolute atomic E-state index is 15.2. The van der Waals surface area contributed by atoms with Crippen LogP contribution in [0.5, 0.6) is 0 Å². The first kappa shape index (κ1) is 27.6. The fourth-order valence-corrected chi connectivity index (χ4v) is 5.70. The molecule has 5 nitrogen and oxygen atoms in total. The number of carbonyl (C=O) groups excluding carboxylic acids is 1. The maximum Gasteiger partial charge on any atom is 0.274 e. The fourth-order valence-electron chi connectivity index (χ4n) is 5.53. The second-order valence-corrected chi connectivity index (χ2v) is 12.0. The van der Waals surface area contributed by atoms with E-state index in [4.69, 9.17) is 16.7 Å². The first-order chi connectivity index (χ1) is 20.1. The summed E-state index contributed by atoms with van der Waals surface area (Å²) >= 11 is 6.41. The lowest BCUT2D eigenvalue weighted by Crippen LogP contribution is -2.27. The average Bonchev–Trinajstić information content (AvgIpc) is 3.41. The third-order valence-electron chi connectivity index (χ3n) is 7.71. The molecule has 0 bridgehead atoms. The predicted molar refractivity (Wildman–Crippen MR) is 167 cm³/mol. The van der Waals surface area contributed by atoms with Crippen LogP contribution in [-0.2, 0) is 5.41 Å². The number of fused-ring (bicyclic) bond motifs is 1. The van der Waals surface area contributed by atoms with Gasteiger partial charge in [0, 0.05) is 39.0 Å². The zero-order chi connectivity index (χ0) is 29.6. The van der Waals surface area contributed by atoms with Crippen molar-refractivity contribution in [2.75, 3.05) is 0 Å². The summed E-state index contributed by atoms with van der Waals surface area (Å²) in [4.78, 5) is 30.7. The van der Waals surface area contributed by atoms with Crippen LogP contribution in [0.3, 0.4) is 0 Å². The number of rotatable bonds is 4. The number of aromatic nitrogens is 1. The van der Waals surface area contributed by atoms with Crippen molar-refractivity contribution in [2.24, 2.45) is 5.10 Å². The Bertz CT molecular complexity index is 1910. The van der Waals surface area contributed by atoms with Gasteiger partial charge >= 0.3 is 0 Å². The van der Waals surface area contributed by atoms with E-state index in [1.54, 1.807) is 42.5 Å². The molecular formula is C35H29ClFN3O2. The number of benzene rings is 4. The van der Waals surface area contributed by atoms with E-state index in [1.165, 1.54) is 11.1 Å². The highest BCUT2D eigenvalue weighted by molar-refractivity contribution is 6.31. The van der Waals surface area contributed by atoms with E-state index in [2.05, 4.69) is 25.8 Å². The lowest BCUT2D eigenvalue weighted by molar-refractivity contribution is 0.0708. The Morgan fingerprint density at radius 1 is 0.929 bits per heavy atom. The van der Waals surface area contributed by atoms with Gasteiger partial charge in [0.1, 0.15) is 5.82 Å². The number of halogens is 2. The number of nitrogens with one attached hydrogen (secondary N) is 1. The molecule has 0 unspecified atom stereocenters. The van der Waals surface area contributed by atoms with Crippen molar-refractivity contribution in [3.63, 3.8) is 0 Å². The minimum absolute atomic E-state index is 0.0793. The van der Waals surface area contributed by atoms with Gasteiger partial charge in [0.2, 0.25) is 0 Å². The Balaban J connectivity index is 1.54. The summed E-state index contributed by atoms with van der Waals surface area (Å²) in [6.07, 6.45) is 0.154. The number of hydrazone groups is 1. The van der Waals surface area contributed by atoms with Crippen LogP contribution in [0.4, 0.5) is 4.39 Å². The Morgan fingerprint density at radius 2 is 1.62 bits per heavy atom. The van der Waals surface area contributed by atoms with E-state index >= 15 is 4.39 Å². The van der Waals surface area contributed by atoms with Crippen molar-refractivity contribution in [1.82, 2.24) is 9.99 Å². The van der Waals surface area contributed by atoms with Gasteiger partial charge in [-0.15, -0.1) is 0 Å². The van der Waals surface area contributed by atoms with Gasteiger partial charge in [0.25, 0.3) is 11.5 Å². The minimum Gasteiger partial charge on any atom is -0.321 e. The normalized spacial score (nSPS) is 15.2. The van der Waals surface area contributed by atoms with Crippen LogP contribution >= 0.6 is 11.6 Å². The third-order valence-corrected chi connectivity index (χ3v) is 7.94. The van der Waals surface area contributed by atoms with Gasteiger partial charge in [-0.25, -0.2) is 9.40 Å². The summed E-state index contributed by atoms with van der Waals surface area (Å²) in [6.45, 7) is 6.31. The van der Waals surface area contributed by atoms with Gasteiger partial charge in [-0.2, -0.15) is 5.10 Å². The van der Waals surface area contributed by atoms with Gasteiger partial charge in [0.15, 0.2) is 0 Å². The highest BCUT2D eigenvalue weighted by Gasteiger charge is 2.37. The monoisotopic (exact) mass is 577 g/mol. The van der Waals surface area contributed by atoms with Gasteiger partial charge in [-0.1, -0.05) is 93.0 Å². The predicted octanol–water partition coefficient (Wildman–Crippen LogP) is 8.28. The molecule has 2 heterocycles. The molecule has 0 aliphatic carbocycles. The summed E-state index contributed by atoms with van der Waals surface area (Å²) in [5, 5.41) is 7.34. The van der Waals surface area contributed by atoms with E-state index < -0.39 is 11.9 Å². The molecule has 210 valence electrons. The summed E-state index contributed by atoms with van der Waals surface area (Å²) in [5.74, 6) is -0.817. The quantitative estimate of drug-likeness (QED) is 0.233. The van der Waals surface area contributed by atoms with Crippen molar-refractivity contribution in [1.29, 1.82) is 0 Å². The molecule has 42 heavy (non-hydrogen) atoms. The van der Waals surface area contributed by atoms with Crippen molar-refractivity contribution in [3.05, 3.63) is 141 Å². The fraction of sp³-hybridized carbons (Fsp3) is 0.171. The SMILES string of the molecule is CC(C)(C)c1ccc(C(=O)N2N=C(c3c(-c4ccccc4)c4cc(Cl)ccc4[nH]c3=O)C[C@H]2c2ccccc2F)cc1. The highest BCUT2D eigenvalue weighted by Crippen LogP contribution is 2.39. The molecule has 0 saturated carbocycles. The van der Waals surface area contributed by atoms with E-state index in [1.807, 2.05) is 48.5 Å². The van der Waals surface area contributed by atoms with Crippen LogP contribution in [-0.4, -0.2) is 21.6 Å². The van der Waals surface area contributed by atoms with Crippen LogP contribution < -0.4 is 5.56 Å². The summed E-state index contributed by atoms with van der Waals surface area (Å²) in [5.41, 5.74) is 4.23. The molecular weight excluding hydrogens is 549 g/mol. The van der Waals surface area contributed by atoms with Crippen LogP contribution in [0.2, 0.25) is 5.02 Å². The first-order valence-electron chi connectivity index (χ1n) is 13.8. The van der Waals surface area contributed by atoms with Crippen molar-refractivity contribution >= 4 is 34.1 Å². The Labute approximate surface area is 248 Å². The molecule has 0 fully saturated rings. The summed E-state index contributed by atoms with van der Waals surface area (Å²) in [7, 11) is 0. The molecule has 0 saturated heterocycles. The van der Waals surface area contributed by atoms with Crippen molar-refractivity contribution in [3.8, 4) is 11.1 Å². The number of nitrogens with zero attached hydrogens (tertiary/aromatic N) is 2. The van der Waals surface area contributed by atoms with Crippen LogP contribution in [0.1, 0.15) is 60.3 Å². The van der Waals surface area contributed by atoms with Crippen LogP contribution in [0.25, 0.3) is 22.0 Å². The number of hydrogen-bond acceptors (Lipinski definition) is 3. The minimum atomic E-state index is -0.742. The second kappa shape index (κ2) is 10.7. The van der Waals surface area contributed by atoms with Gasteiger partial charge in [-0.05, 0) is 52.9 Å². The van der Waals surface area contributed by atoms with Crippen LogP contribution in [0.15, 0.2) is 107 Å². The highest BCUT2D eigenvalue weighted by atomic mass is 35.5. The van der Waals surface area contributed by atoms with Gasteiger partial charge in [0.05, 0.1) is 17.3 Å². The molecule has 0 spiro atoms. The van der Waals surface area contributed by atoms with Gasteiger partial charge < -0.3 is 4.98 Å². The standard InChI is InChI=1S/C35H29ClFN3O2/c1-35(2,3)23-15-13-22(14-16-23)34(42)40-30(25-11-7-8-12-27(25)37)20-29(39-40)32-31(21-9-5-4-6-10-21)26-19-24(36)17-18-28(26)38-33(32)41/h4-19,30H,20H2,1-3H3,(H,38,41)/t30-/m0/s1. The number of carbonyl (C=O) groups is 1. The topological polar surface area (TPSA) is 65.5 Å². The first-order valence-corrected chi connectivity index (χ1v) is 14.2. The van der Waals surface area contributed by atoms with E-state index in [0.717, 1.165) is 16.5 Å². The largest absolute Gasteiger partial charge is 0.321 e. The molecule has 0 radical (unpaired) electrons. The Morgan fingerprint density at radius 3 is 2.31 bits per heavy atom. The summed E-state index contributed by atoms with van der Waals surface area (Å²) in [6, 6.07) is 27.9. The molecule has 7 heteroatoms. The lowest BCUT2D eigenvalue weighted by Gasteiger charge is -2.23. The molecule has 1 aliphatic rings. The zero-order valence-corrected chi connectivity index (χ0v) is 24.2. The van der Waals surface area contributed by atoms with E-state index in [-0.39, 0.29) is 23.3 Å². The number of amides is 1. The van der Waals surface area contributed by atoms with Gasteiger partial charge in [-0.3, -0.25) is 9.59 Å². The molecule has 1 atom stereocenters. The zero-order valence-electron chi connectivity index (χ0n) is 23.5.